The molecule has 0 N–H and O–H groups in total. The van der Waals surface area contributed by atoms with Crippen LogP contribution >= 0.6 is 0 Å². The quantitative estimate of drug-likeness (QED) is 0.691. The Balaban J connectivity index is 2.07. The van der Waals surface area contributed by atoms with Crippen molar-refractivity contribution in [2.45, 2.75) is 20.1 Å². The molecule has 140 valence electrons. The molecule has 0 aliphatic rings. The summed E-state index contributed by atoms with van der Waals surface area (Å²) in [5.41, 5.74) is 0.300. The summed E-state index contributed by atoms with van der Waals surface area (Å²) in [4.78, 5) is 23.6. The van der Waals surface area contributed by atoms with Crippen LogP contribution in [0.2, 0.25) is 0 Å². The summed E-state index contributed by atoms with van der Waals surface area (Å²) in [6.45, 7) is -1.67. The van der Waals surface area contributed by atoms with Gasteiger partial charge in [0, 0.05) is 0 Å². The van der Waals surface area contributed by atoms with Gasteiger partial charge in [0.25, 0.3) is 0 Å². The van der Waals surface area contributed by atoms with Crippen LogP contribution in [0.15, 0.2) is 28.7 Å². The van der Waals surface area contributed by atoms with Gasteiger partial charge >= 0.3 is 18.6 Å². The first-order chi connectivity index (χ1) is 12.3. The van der Waals surface area contributed by atoms with Crippen molar-refractivity contribution in [1.82, 2.24) is 0 Å². The highest BCUT2D eigenvalue weighted by atomic mass is 19.3. The van der Waals surface area contributed by atoms with Crippen LogP contribution in [0.5, 0.6) is 11.5 Å². The van der Waals surface area contributed by atoms with E-state index >= 15 is 0 Å². The average Bonchev–Trinajstić information content (AvgIpc) is 2.99. The molecule has 0 unspecified atom stereocenters. The van der Waals surface area contributed by atoms with E-state index in [2.05, 4.69) is 9.47 Å². The number of carbonyl (C=O) groups excluding carboxylic acids is 2. The minimum Gasteiger partial charge on any atom is -0.493 e. The Hall–Kier alpha value is -3.10. The summed E-state index contributed by atoms with van der Waals surface area (Å²) in [5, 5.41) is 0. The number of esters is 2. The molecule has 0 aliphatic heterocycles. The standard InChI is InChI=1S/C17H16F2O7/c1-9-12(16(21)23-3)7-11(25-9)8-24-15(20)10-4-5-13(26-17(18)19)14(6-10)22-2/h4-7,17H,8H2,1-3H3. The lowest BCUT2D eigenvalue weighted by Crippen LogP contribution is -2.07. The largest absolute Gasteiger partial charge is 0.493 e. The van der Waals surface area contributed by atoms with Crippen molar-refractivity contribution in [1.29, 1.82) is 0 Å². The summed E-state index contributed by atoms with van der Waals surface area (Å²) in [6.07, 6.45) is 0. The van der Waals surface area contributed by atoms with Crippen LogP contribution in [0.4, 0.5) is 8.78 Å². The highest BCUT2D eigenvalue weighted by molar-refractivity contribution is 5.91. The summed E-state index contributed by atoms with van der Waals surface area (Å²) < 4.78 is 48.8. The van der Waals surface area contributed by atoms with E-state index in [1.54, 1.807) is 6.92 Å². The zero-order valence-corrected chi connectivity index (χ0v) is 14.2. The lowest BCUT2D eigenvalue weighted by atomic mass is 10.2. The Bertz CT molecular complexity index is 798. The van der Waals surface area contributed by atoms with Crippen molar-refractivity contribution in [3.8, 4) is 11.5 Å². The van der Waals surface area contributed by atoms with E-state index in [1.807, 2.05) is 0 Å². The van der Waals surface area contributed by atoms with Crippen molar-refractivity contribution >= 4 is 11.9 Å². The Morgan fingerprint density at radius 1 is 1.12 bits per heavy atom. The Morgan fingerprint density at radius 3 is 2.46 bits per heavy atom. The first-order valence-corrected chi connectivity index (χ1v) is 7.33. The van der Waals surface area contributed by atoms with Crippen LogP contribution in [0, 0.1) is 6.92 Å². The third-order valence-electron chi connectivity index (χ3n) is 3.34. The normalized spacial score (nSPS) is 10.5. The molecule has 9 heteroatoms. The Morgan fingerprint density at radius 2 is 1.85 bits per heavy atom. The van der Waals surface area contributed by atoms with Crippen LogP contribution < -0.4 is 9.47 Å². The molecule has 0 spiro atoms. The maximum atomic E-state index is 12.3. The molecule has 2 aromatic rings. The van der Waals surface area contributed by atoms with Crippen LogP contribution in [0.25, 0.3) is 0 Å². The van der Waals surface area contributed by atoms with Crippen LogP contribution in [-0.2, 0) is 16.1 Å². The number of methoxy groups -OCH3 is 2. The van der Waals surface area contributed by atoms with Crippen molar-refractivity contribution in [2.75, 3.05) is 14.2 Å². The summed E-state index contributed by atoms with van der Waals surface area (Å²) >= 11 is 0. The minimum atomic E-state index is -3.02. The molecule has 0 bridgehead atoms. The molecule has 0 saturated heterocycles. The zero-order chi connectivity index (χ0) is 19.3. The Labute approximate surface area is 147 Å². The molecule has 0 radical (unpaired) electrons. The molecule has 1 aromatic heterocycles. The lowest BCUT2D eigenvalue weighted by Gasteiger charge is -2.11. The maximum Gasteiger partial charge on any atom is 0.387 e. The second kappa shape index (κ2) is 8.32. The minimum absolute atomic E-state index is 0.0402. The fourth-order valence-corrected chi connectivity index (χ4v) is 2.14. The predicted molar refractivity (Wildman–Crippen MR) is 83.5 cm³/mol. The molecule has 1 aromatic carbocycles. The molecular formula is C17H16F2O7. The van der Waals surface area contributed by atoms with E-state index in [4.69, 9.17) is 13.9 Å². The van der Waals surface area contributed by atoms with Gasteiger partial charge in [0.15, 0.2) is 11.5 Å². The number of hydrogen-bond donors (Lipinski definition) is 0. The average molecular weight is 370 g/mol. The van der Waals surface area contributed by atoms with Gasteiger partial charge in [-0.15, -0.1) is 0 Å². The van der Waals surface area contributed by atoms with E-state index in [9.17, 15) is 18.4 Å². The van der Waals surface area contributed by atoms with Gasteiger partial charge < -0.3 is 23.4 Å². The first kappa shape index (κ1) is 19.2. The van der Waals surface area contributed by atoms with Gasteiger partial charge in [0.1, 0.15) is 23.7 Å². The highest BCUT2D eigenvalue weighted by Crippen LogP contribution is 2.29. The summed E-state index contributed by atoms with van der Waals surface area (Å²) in [6, 6.07) is 5.06. The van der Waals surface area contributed by atoms with Crippen molar-refractivity contribution in [2.24, 2.45) is 0 Å². The number of benzene rings is 1. The van der Waals surface area contributed by atoms with Gasteiger partial charge in [-0.25, -0.2) is 9.59 Å². The molecule has 0 aliphatic carbocycles. The maximum absolute atomic E-state index is 12.3. The van der Waals surface area contributed by atoms with Gasteiger partial charge in [-0.1, -0.05) is 0 Å². The number of ether oxygens (including phenoxy) is 4. The van der Waals surface area contributed by atoms with Gasteiger partial charge in [-0.3, -0.25) is 0 Å². The number of alkyl halides is 2. The lowest BCUT2D eigenvalue weighted by molar-refractivity contribution is -0.0512. The number of halogens is 2. The molecule has 0 atom stereocenters. The monoisotopic (exact) mass is 370 g/mol. The fraction of sp³-hybridized carbons (Fsp3) is 0.294. The molecule has 7 nitrogen and oxygen atoms in total. The topological polar surface area (TPSA) is 84.2 Å². The smallest absolute Gasteiger partial charge is 0.387 e. The van der Waals surface area contributed by atoms with Crippen LogP contribution in [-0.4, -0.2) is 32.8 Å². The molecule has 1 heterocycles. The molecule has 0 amide bonds. The second-order valence-corrected chi connectivity index (χ2v) is 4.99. The molecule has 26 heavy (non-hydrogen) atoms. The number of hydrogen-bond acceptors (Lipinski definition) is 7. The van der Waals surface area contributed by atoms with Crippen molar-refractivity contribution < 1.29 is 41.7 Å². The van der Waals surface area contributed by atoms with Crippen LogP contribution in [0.1, 0.15) is 32.2 Å². The van der Waals surface area contributed by atoms with Crippen molar-refractivity contribution in [3.05, 3.63) is 46.9 Å². The molecule has 0 fully saturated rings. The zero-order valence-electron chi connectivity index (χ0n) is 14.2. The third-order valence-corrected chi connectivity index (χ3v) is 3.34. The highest BCUT2D eigenvalue weighted by Gasteiger charge is 2.18. The van der Waals surface area contributed by atoms with Crippen molar-refractivity contribution in [3.63, 3.8) is 0 Å². The number of aryl methyl sites for hydroxylation is 1. The van der Waals surface area contributed by atoms with E-state index < -0.39 is 18.6 Å². The molecule has 2 rings (SSSR count). The van der Waals surface area contributed by atoms with Gasteiger partial charge in [-0.2, -0.15) is 8.78 Å². The summed E-state index contributed by atoms with van der Waals surface area (Å²) in [5.74, 6) is -0.965. The number of furan rings is 1. The van der Waals surface area contributed by atoms with Gasteiger partial charge in [0.05, 0.1) is 19.8 Å². The predicted octanol–water partition coefficient (Wildman–Crippen LogP) is 3.34. The van der Waals surface area contributed by atoms with Gasteiger partial charge in [-0.05, 0) is 31.2 Å². The van der Waals surface area contributed by atoms with E-state index in [-0.39, 0.29) is 35.0 Å². The van der Waals surface area contributed by atoms with E-state index in [1.165, 1.54) is 38.5 Å². The Kier molecular flexibility index (Phi) is 6.16. The summed E-state index contributed by atoms with van der Waals surface area (Å²) in [7, 11) is 2.49. The van der Waals surface area contributed by atoms with Gasteiger partial charge in [0.2, 0.25) is 0 Å². The molecular weight excluding hydrogens is 354 g/mol. The first-order valence-electron chi connectivity index (χ1n) is 7.33. The fourth-order valence-electron chi connectivity index (χ4n) is 2.14. The SMILES string of the molecule is COC(=O)c1cc(COC(=O)c2ccc(OC(F)F)c(OC)c2)oc1C. The van der Waals surface area contributed by atoms with Crippen LogP contribution in [0.3, 0.4) is 0 Å². The second-order valence-electron chi connectivity index (χ2n) is 4.99. The molecule has 0 saturated carbocycles. The number of rotatable bonds is 7. The van der Waals surface area contributed by atoms with E-state index in [0.29, 0.717) is 5.76 Å². The number of carbonyl (C=O) groups is 2. The third kappa shape index (κ3) is 4.50. The van der Waals surface area contributed by atoms with E-state index in [0.717, 1.165) is 0 Å².